The van der Waals surface area contributed by atoms with Crippen molar-refractivity contribution in [1.29, 1.82) is 0 Å². The normalized spacial score (nSPS) is 16.8. The predicted octanol–water partition coefficient (Wildman–Crippen LogP) is 0.767. The zero-order chi connectivity index (χ0) is 16.3. The molecule has 8 heteroatoms. The number of carbonyl (C=O) groups excluding carboxylic acids is 2. The van der Waals surface area contributed by atoms with Crippen molar-refractivity contribution in [2.75, 3.05) is 13.7 Å². The van der Waals surface area contributed by atoms with Crippen molar-refractivity contribution in [3.63, 3.8) is 0 Å². The Morgan fingerprint density at radius 3 is 2.70 bits per heavy atom. The third kappa shape index (κ3) is 3.72. The second-order valence-electron chi connectivity index (χ2n) is 4.72. The van der Waals surface area contributed by atoms with Crippen LogP contribution >= 0.6 is 0 Å². The average Bonchev–Trinajstić information content (AvgIpc) is 2.48. The van der Waals surface area contributed by atoms with Gasteiger partial charge in [-0.1, -0.05) is 6.07 Å². The fraction of sp³-hybridized carbons (Fsp3) is 0.333. The molecule has 0 radical (unpaired) electrons. The quantitative estimate of drug-likeness (QED) is 0.705. The zero-order valence-corrected chi connectivity index (χ0v) is 13.1. The van der Waals surface area contributed by atoms with Crippen LogP contribution in [0.1, 0.15) is 25.5 Å². The highest BCUT2D eigenvalue weighted by atomic mass is 16.5. The summed E-state index contributed by atoms with van der Waals surface area (Å²) in [5, 5.41) is 15.0. The van der Waals surface area contributed by atoms with Crippen molar-refractivity contribution in [3.05, 3.63) is 35.0 Å². The van der Waals surface area contributed by atoms with Crippen molar-refractivity contribution in [1.82, 2.24) is 10.6 Å². The highest BCUT2D eigenvalue weighted by Gasteiger charge is 2.32. The van der Waals surface area contributed by atoms with E-state index in [1.807, 2.05) is 0 Å². The molecule has 0 aliphatic carbocycles. The summed E-state index contributed by atoms with van der Waals surface area (Å²) in [6, 6.07) is 3.57. The molecular formula is C15H20N2O6. The molecule has 1 heterocycles. The van der Waals surface area contributed by atoms with Crippen LogP contribution in [0.4, 0.5) is 4.79 Å². The standard InChI is InChI=1S/C15H18N2O5.H2O/c1-4-22-11-7-9(5-6-10(11)18)13-12(14(19)21-3)8(2)16-15(20)17-13;/h5-7,13,18H,4H2,1-3H3,(H2,16,17,20);1H2/t13-;/m1./s1. The number of allylic oxidation sites excluding steroid dienone is 1. The molecule has 0 bridgehead atoms. The van der Waals surface area contributed by atoms with Crippen LogP contribution in [0.5, 0.6) is 11.5 Å². The summed E-state index contributed by atoms with van der Waals surface area (Å²) in [5.74, 6) is -0.262. The van der Waals surface area contributed by atoms with Crippen LogP contribution in [-0.4, -0.2) is 36.3 Å². The van der Waals surface area contributed by atoms with E-state index in [2.05, 4.69) is 10.6 Å². The Bertz CT molecular complexity index is 641. The van der Waals surface area contributed by atoms with Gasteiger partial charge < -0.3 is 30.7 Å². The molecule has 0 saturated carbocycles. The largest absolute Gasteiger partial charge is 0.504 e. The van der Waals surface area contributed by atoms with Gasteiger partial charge >= 0.3 is 12.0 Å². The minimum atomic E-state index is -0.680. The molecule has 2 amide bonds. The van der Waals surface area contributed by atoms with Gasteiger partial charge in [-0.05, 0) is 31.5 Å². The van der Waals surface area contributed by atoms with Crippen molar-refractivity contribution in [3.8, 4) is 11.5 Å². The highest BCUT2D eigenvalue weighted by molar-refractivity contribution is 5.94. The van der Waals surface area contributed by atoms with Gasteiger partial charge in [-0.25, -0.2) is 9.59 Å². The summed E-state index contributed by atoms with van der Waals surface area (Å²) in [7, 11) is 1.28. The first-order valence-corrected chi connectivity index (χ1v) is 6.80. The maximum atomic E-state index is 12.0. The number of hydrogen-bond donors (Lipinski definition) is 3. The number of carbonyl (C=O) groups is 2. The van der Waals surface area contributed by atoms with Crippen LogP contribution in [-0.2, 0) is 9.53 Å². The lowest BCUT2D eigenvalue weighted by Crippen LogP contribution is -2.45. The van der Waals surface area contributed by atoms with E-state index < -0.39 is 18.0 Å². The van der Waals surface area contributed by atoms with Gasteiger partial charge in [0.25, 0.3) is 0 Å². The maximum absolute atomic E-state index is 12.0. The van der Waals surface area contributed by atoms with Crippen LogP contribution in [0.2, 0.25) is 0 Å². The van der Waals surface area contributed by atoms with E-state index in [0.717, 1.165) is 0 Å². The molecule has 0 fully saturated rings. The van der Waals surface area contributed by atoms with Crippen molar-refractivity contribution >= 4 is 12.0 Å². The van der Waals surface area contributed by atoms with E-state index in [0.29, 0.717) is 23.4 Å². The molecule has 2 rings (SSSR count). The number of aromatic hydroxyl groups is 1. The van der Waals surface area contributed by atoms with Crippen molar-refractivity contribution < 1.29 is 29.6 Å². The fourth-order valence-corrected chi connectivity index (χ4v) is 2.31. The number of phenolic OH excluding ortho intramolecular Hbond substituents is 1. The number of esters is 1. The highest BCUT2D eigenvalue weighted by Crippen LogP contribution is 2.33. The van der Waals surface area contributed by atoms with E-state index in [9.17, 15) is 14.7 Å². The van der Waals surface area contributed by atoms with E-state index >= 15 is 0 Å². The van der Waals surface area contributed by atoms with E-state index in [1.165, 1.54) is 13.2 Å². The molecule has 126 valence electrons. The molecular weight excluding hydrogens is 304 g/mol. The zero-order valence-electron chi connectivity index (χ0n) is 13.1. The van der Waals surface area contributed by atoms with Crippen LogP contribution in [0.3, 0.4) is 0 Å². The number of hydrogen-bond acceptors (Lipinski definition) is 5. The Morgan fingerprint density at radius 1 is 1.39 bits per heavy atom. The molecule has 1 aliphatic rings. The van der Waals surface area contributed by atoms with Crippen molar-refractivity contribution in [2.45, 2.75) is 19.9 Å². The number of methoxy groups -OCH3 is 1. The second kappa shape index (κ2) is 7.50. The van der Waals surface area contributed by atoms with Gasteiger partial charge in [0, 0.05) is 5.70 Å². The lowest BCUT2D eigenvalue weighted by molar-refractivity contribution is -0.136. The van der Waals surface area contributed by atoms with E-state index in [-0.39, 0.29) is 17.0 Å². The average molecular weight is 324 g/mol. The minimum Gasteiger partial charge on any atom is -0.504 e. The number of rotatable bonds is 4. The monoisotopic (exact) mass is 324 g/mol. The molecule has 1 atom stereocenters. The number of phenols is 1. The van der Waals surface area contributed by atoms with Crippen LogP contribution in [0.15, 0.2) is 29.5 Å². The Kier molecular flexibility index (Phi) is 5.97. The van der Waals surface area contributed by atoms with Gasteiger partial charge in [0.05, 0.1) is 25.3 Å². The van der Waals surface area contributed by atoms with Gasteiger partial charge in [0.1, 0.15) is 0 Å². The maximum Gasteiger partial charge on any atom is 0.337 e. The number of benzene rings is 1. The topological polar surface area (TPSA) is 128 Å². The molecule has 0 saturated heterocycles. The molecule has 5 N–H and O–H groups in total. The fourth-order valence-electron chi connectivity index (χ4n) is 2.31. The molecule has 0 spiro atoms. The molecule has 1 aliphatic heterocycles. The number of ether oxygens (including phenoxy) is 2. The first-order chi connectivity index (χ1) is 10.5. The van der Waals surface area contributed by atoms with Crippen LogP contribution < -0.4 is 15.4 Å². The Balaban J connectivity index is 0.00000264. The van der Waals surface area contributed by atoms with Crippen molar-refractivity contribution in [2.24, 2.45) is 0 Å². The smallest absolute Gasteiger partial charge is 0.337 e. The first-order valence-electron chi connectivity index (χ1n) is 6.80. The van der Waals surface area contributed by atoms with Crippen LogP contribution in [0, 0.1) is 0 Å². The summed E-state index contributed by atoms with van der Waals surface area (Å²) in [6.45, 7) is 3.80. The van der Waals surface area contributed by atoms with Gasteiger partial charge in [0.15, 0.2) is 11.5 Å². The third-order valence-electron chi connectivity index (χ3n) is 3.29. The summed E-state index contributed by atoms with van der Waals surface area (Å²) >= 11 is 0. The minimum absolute atomic E-state index is 0. The first kappa shape index (κ1) is 18.3. The molecule has 1 aromatic carbocycles. The van der Waals surface area contributed by atoms with Gasteiger partial charge in [-0.2, -0.15) is 0 Å². The van der Waals surface area contributed by atoms with Gasteiger partial charge in [0.2, 0.25) is 0 Å². The lowest BCUT2D eigenvalue weighted by Gasteiger charge is -2.28. The molecule has 1 aromatic rings. The van der Waals surface area contributed by atoms with E-state index in [1.54, 1.807) is 26.0 Å². The predicted molar refractivity (Wildman–Crippen MR) is 82.0 cm³/mol. The van der Waals surface area contributed by atoms with Gasteiger partial charge in [-0.3, -0.25) is 0 Å². The summed E-state index contributed by atoms with van der Waals surface area (Å²) in [4.78, 5) is 23.7. The van der Waals surface area contributed by atoms with Crippen LogP contribution in [0.25, 0.3) is 0 Å². The molecule has 8 nitrogen and oxygen atoms in total. The molecule has 0 unspecified atom stereocenters. The Labute approximate surface area is 133 Å². The SMILES string of the molecule is CCOc1cc([C@H]2NC(=O)NC(C)=C2C(=O)OC)ccc1O.O. The summed E-state index contributed by atoms with van der Waals surface area (Å²) < 4.78 is 10.1. The number of nitrogens with one attached hydrogen (secondary N) is 2. The lowest BCUT2D eigenvalue weighted by atomic mass is 9.95. The molecule has 0 aromatic heterocycles. The number of urea groups is 1. The van der Waals surface area contributed by atoms with Gasteiger partial charge in [-0.15, -0.1) is 0 Å². The summed E-state index contributed by atoms with van der Waals surface area (Å²) in [6.07, 6.45) is 0. The Morgan fingerprint density at radius 2 is 2.09 bits per heavy atom. The molecule has 23 heavy (non-hydrogen) atoms. The van der Waals surface area contributed by atoms with E-state index in [4.69, 9.17) is 9.47 Å². The number of amides is 2. The Hall–Kier alpha value is -2.74. The third-order valence-corrected chi connectivity index (χ3v) is 3.29. The second-order valence-corrected chi connectivity index (χ2v) is 4.72. The summed E-state index contributed by atoms with van der Waals surface area (Å²) in [5.41, 5.74) is 1.33.